The molecular weight excluding hydrogens is 414 g/mol. The average molecular weight is 449 g/mol. The summed E-state index contributed by atoms with van der Waals surface area (Å²) in [5, 5.41) is 0. The first-order valence-electron chi connectivity index (χ1n) is 9.17. The number of rotatable bonds is 3. The van der Waals surface area contributed by atoms with Gasteiger partial charge in [-0.15, -0.1) is 24.8 Å². The van der Waals surface area contributed by atoms with Crippen LogP contribution in [0.2, 0.25) is 8.26 Å². The monoisotopic (exact) mass is 446 g/mol. The summed E-state index contributed by atoms with van der Waals surface area (Å²) in [6.45, 7) is 9.36. The van der Waals surface area contributed by atoms with Crippen molar-refractivity contribution in [2.75, 3.05) is 0 Å². The van der Waals surface area contributed by atoms with Crippen LogP contribution in [0.15, 0.2) is 41.0 Å². The van der Waals surface area contributed by atoms with Gasteiger partial charge in [0, 0.05) is 0 Å². The molecule has 0 aromatic rings. The molecule has 3 aliphatic carbocycles. The topological polar surface area (TPSA) is 0 Å². The number of hydrogen-bond donors (Lipinski definition) is 0. The van der Waals surface area contributed by atoms with Gasteiger partial charge in [-0.1, -0.05) is 0 Å². The molecule has 0 heterocycles. The molecule has 0 aliphatic heterocycles. The Bertz CT molecular complexity index is 559. The van der Waals surface area contributed by atoms with Crippen LogP contribution in [0, 0.1) is 0 Å². The second kappa shape index (κ2) is 8.88. The number of hydrogen-bond acceptors (Lipinski definition) is 0. The molecule has 0 saturated heterocycles. The molecule has 136 valence electrons. The van der Waals surface area contributed by atoms with E-state index in [1.165, 1.54) is 44.9 Å². The summed E-state index contributed by atoms with van der Waals surface area (Å²) in [6, 6.07) is 0. The van der Waals surface area contributed by atoms with E-state index in [1.54, 1.807) is 22.3 Å². The molecule has 0 nitrogen and oxygen atoms in total. The molecule has 0 radical (unpaired) electrons. The Hall–Kier alpha value is 0.423. The minimum Gasteiger partial charge on any atom is -0.147 e. The van der Waals surface area contributed by atoms with Gasteiger partial charge in [-0.05, 0) is 0 Å². The van der Waals surface area contributed by atoms with Crippen LogP contribution in [-0.2, 0) is 20.3 Å². The van der Waals surface area contributed by atoms with Gasteiger partial charge < -0.3 is 0 Å². The van der Waals surface area contributed by atoms with Crippen LogP contribution in [0.3, 0.4) is 0 Å². The maximum Gasteiger partial charge on any atom is -0.147 e. The molecule has 24 heavy (non-hydrogen) atoms. The second-order valence-corrected chi connectivity index (χ2v) is 19.2. The van der Waals surface area contributed by atoms with E-state index in [9.17, 15) is 0 Å². The summed E-state index contributed by atoms with van der Waals surface area (Å²) in [7, 11) is 0. The van der Waals surface area contributed by atoms with Crippen molar-refractivity contribution >= 4 is 24.8 Å². The van der Waals surface area contributed by atoms with E-state index in [1.807, 2.05) is 6.56 Å². The molecule has 0 amide bonds. The fraction of sp³-hybridized carbons (Fsp3) is 0.619. The minimum absolute atomic E-state index is 0. The molecule has 0 spiro atoms. The standard InChI is InChI=1S/2C7H9.C6H11.CH3.2ClH.Zr/c2*1-6-4-3-5-7(6)2;1-2-4-6-5-3-1;;;;/h2*4H,5H2,1-2H3;1H,2-6H2;1H3;2*1H;. The Kier molecular flexibility index (Phi) is 8.31. The van der Waals surface area contributed by atoms with Crippen molar-refractivity contribution < 1.29 is 20.3 Å². The van der Waals surface area contributed by atoms with Crippen LogP contribution in [0.5, 0.6) is 0 Å². The predicted molar refractivity (Wildman–Crippen MR) is 109 cm³/mol. The molecule has 0 N–H and O–H groups in total. The summed E-state index contributed by atoms with van der Waals surface area (Å²) in [6.07, 6.45) is 15.3. The smallest absolute Gasteiger partial charge is 0.147 e. The SMILES string of the molecule is CC1=C(C)C[C]([Zr]([CH3])([C]2=CC(C)=C(C)C2)[CH]2CCCCC2)=C1.Cl.Cl. The molecule has 0 aromatic heterocycles. The van der Waals surface area contributed by atoms with E-state index >= 15 is 0 Å². The van der Waals surface area contributed by atoms with Gasteiger partial charge in [0.2, 0.25) is 0 Å². The summed E-state index contributed by atoms with van der Waals surface area (Å²) >= 11 is -2.43. The molecular formula is C21H34Cl2Zr. The van der Waals surface area contributed by atoms with E-state index in [2.05, 4.69) is 44.5 Å². The van der Waals surface area contributed by atoms with Crippen LogP contribution in [0.4, 0.5) is 0 Å². The van der Waals surface area contributed by atoms with E-state index < -0.39 is 20.3 Å². The van der Waals surface area contributed by atoms with Crippen LogP contribution in [0.1, 0.15) is 72.6 Å². The first-order valence-corrected chi connectivity index (χ1v) is 15.5. The fourth-order valence-corrected chi connectivity index (χ4v) is 17.9. The van der Waals surface area contributed by atoms with E-state index in [4.69, 9.17) is 0 Å². The molecule has 3 rings (SSSR count). The van der Waals surface area contributed by atoms with Gasteiger partial charge in [0.1, 0.15) is 0 Å². The largest absolute Gasteiger partial charge is 0.147 e. The Morgan fingerprint density at radius 1 is 0.750 bits per heavy atom. The molecule has 0 aromatic carbocycles. The molecule has 0 unspecified atom stereocenters. The van der Waals surface area contributed by atoms with Gasteiger partial charge in [-0.3, -0.25) is 0 Å². The predicted octanol–water partition coefficient (Wildman–Crippen LogP) is 8.03. The van der Waals surface area contributed by atoms with Gasteiger partial charge in [0.05, 0.1) is 0 Å². The third kappa shape index (κ3) is 4.05. The summed E-state index contributed by atoms with van der Waals surface area (Å²) in [5.74, 6) is 0. The normalized spacial score (nSPS) is 22.2. The van der Waals surface area contributed by atoms with Crippen molar-refractivity contribution in [2.45, 2.75) is 80.9 Å². The summed E-state index contributed by atoms with van der Waals surface area (Å²) in [4.78, 5) is 0. The molecule has 3 aliphatic rings. The Balaban J connectivity index is 0.00000144. The average Bonchev–Trinajstić information content (AvgIpc) is 3.03. The minimum atomic E-state index is -2.43. The van der Waals surface area contributed by atoms with Crippen molar-refractivity contribution in [1.29, 1.82) is 0 Å². The molecule has 1 saturated carbocycles. The number of allylic oxidation sites excluding steroid dienone is 8. The Labute approximate surface area is 166 Å². The number of halogens is 2. The summed E-state index contributed by atoms with van der Waals surface area (Å²) < 4.78 is 7.65. The quantitative estimate of drug-likeness (QED) is 0.410. The maximum absolute atomic E-state index is 2.78. The van der Waals surface area contributed by atoms with Crippen LogP contribution in [-0.4, -0.2) is 0 Å². The second-order valence-electron chi connectivity index (χ2n) is 8.16. The van der Waals surface area contributed by atoms with Crippen molar-refractivity contribution in [1.82, 2.24) is 0 Å². The molecule has 0 bridgehead atoms. The van der Waals surface area contributed by atoms with Gasteiger partial charge in [0.15, 0.2) is 0 Å². The zero-order valence-electron chi connectivity index (χ0n) is 16.0. The first kappa shape index (κ1) is 22.5. The van der Waals surface area contributed by atoms with Crippen LogP contribution < -0.4 is 0 Å². The van der Waals surface area contributed by atoms with Crippen molar-refractivity contribution in [3.63, 3.8) is 0 Å². The van der Waals surface area contributed by atoms with Crippen molar-refractivity contribution in [3.8, 4) is 0 Å². The fourth-order valence-electron chi connectivity index (χ4n) is 4.80. The van der Waals surface area contributed by atoms with Crippen LogP contribution in [0.25, 0.3) is 0 Å². The van der Waals surface area contributed by atoms with Gasteiger partial charge in [0.25, 0.3) is 0 Å². The van der Waals surface area contributed by atoms with Gasteiger partial charge in [-0.25, -0.2) is 0 Å². The van der Waals surface area contributed by atoms with E-state index in [-0.39, 0.29) is 24.8 Å². The Morgan fingerprint density at radius 3 is 1.50 bits per heavy atom. The van der Waals surface area contributed by atoms with E-state index in [0.29, 0.717) is 0 Å². The van der Waals surface area contributed by atoms with Crippen LogP contribution >= 0.6 is 24.8 Å². The van der Waals surface area contributed by atoms with Gasteiger partial charge in [-0.2, -0.15) is 0 Å². The molecule has 3 heteroatoms. The maximum atomic E-state index is 2.78. The molecule has 1 fully saturated rings. The van der Waals surface area contributed by atoms with Crippen molar-refractivity contribution in [3.05, 3.63) is 41.0 Å². The third-order valence-electron chi connectivity index (χ3n) is 6.79. The third-order valence-corrected chi connectivity index (χ3v) is 20.4. The molecule has 0 atom stereocenters. The van der Waals surface area contributed by atoms with Gasteiger partial charge >= 0.3 is 142 Å². The Morgan fingerprint density at radius 2 is 1.17 bits per heavy atom. The first-order chi connectivity index (χ1) is 10.4. The zero-order valence-corrected chi connectivity index (χ0v) is 20.1. The van der Waals surface area contributed by atoms with E-state index in [0.717, 1.165) is 3.63 Å². The zero-order chi connectivity index (χ0) is 15.9. The summed E-state index contributed by atoms with van der Waals surface area (Å²) in [5.41, 5.74) is 6.39. The van der Waals surface area contributed by atoms with Crippen molar-refractivity contribution in [2.24, 2.45) is 0 Å².